The zero-order chi connectivity index (χ0) is 17.3. The van der Waals surface area contributed by atoms with Gasteiger partial charge in [-0.1, -0.05) is 39.7 Å². The van der Waals surface area contributed by atoms with E-state index in [0.717, 1.165) is 10.2 Å². The molecular weight excluding hydrogens is 392 g/mol. The van der Waals surface area contributed by atoms with Crippen molar-refractivity contribution in [2.45, 2.75) is 13.0 Å². The highest BCUT2D eigenvalue weighted by molar-refractivity contribution is 9.10. The van der Waals surface area contributed by atoms with E-state index in [1.807, 2.05) is 24.3 Å². The van der Waals surface area contributed by atoms with E-state index in [-0.39, 0.29) is 11.8 Å². The molecule has 0 saturated carbocycles. The SMILES string of the molecule is CC1C(=O)N(c2ccc(Br)cc2)CCN1C(=O)c1ccccc1Cl. The minimum atomic E-state index is -0.536. The Labute approximate surface area is 154 Å². The molecule has 1 aliphatic rings. The lowest BCUT2D eigenvalue weighted by Gasteiger charge is -2.39. The second kappa shape index (κ2) is 6.95. The fraction of sp³-hybridized carbons (Fsp3) is 0.222. The Morgan fingerprint density at radius 3 is 2.46 bits per heavy atom. The van der Waals surface area contributed by atoms with Crippen LogP contribution in [0.3, 0.4) is 0 Å². The zero-order valence-corrected chi connectivity index (χ0v) is 15.4. The summed E-state index contributed by atoms with van der Waals surface area (Å²) in [7, 11) is 0. The van der Waals surface area contributed by atoms with Gasteiger partial charge in [-0.15, -0.1) is 0 Å². The molecule has 1 fully saturated rings. The molecule has 0 spiro atoms. The van der Waals surface area contributed by atoms with Crippen molar-refractivity contribution in [1.82, 2.24) is 4.90 Å². The van der Waals surface area contributed by atoms with Crippen molar-refractivity contribution in [3.05, 3.63) is 63.6 Å². The summed E-state index contributed by atoms with van der Waals surface area (Å²) in [5.41, 5.74) is 1.26. The molecule has 1 atom stereocenters. The number of hydrogen-bond acceptors (Lipinski definition) is 2. The summed E-state index contributed by atoms with van der Waals surface area (Å²) in [5.74, 6) is -0.305. The summed E-state index contributed by atoms with van der Waals surface area (Å²) >= 11 is 9.50. The van der Waals surface area contributed by atoms with Gasteiger partial charge in [0.25, 0.3) is 5.91 Å². The first kappa shape index (κ1) is 17.0. The monoisotopic (exact) mass is 406 g/mol. The van der Waals surface area contributed by atoms with Crippen LogP contribution in [-0.2, 0) is 4.79 Å². The molecule has 1 aliphatic heterocycles. The highest BCUT2D eigenvalue weighted by Gasteiger charge is 2.35. The van der Waals surface area contributed by atoms with E-state index in [4.69, 9.17) is 11.6 Å². The van der Waals surface area contributed by atoms with Crippen molar-refractivity contribution in [3.63, 3.8) is 0 Å². The van der Waals surface area contributed by atoms with Gasteiger partial charge in [-0.25, -0.2) is 0 Å². The third-order valence-electron chi connectivity index (χ3n) is 4.16. The van der Waals surface area contributed by atoms with E-state index in [0.29, 0.717) is 23.7 Å². The van der Waals surface area contributed by atoms with E-state index < -0.39 is 6.04 Å². The van der Waals surface area contributed by atoms with Crippen LogP contribution in [0.5, 0.6) is 0 Å². The molecule has 0 aromatic heterocycles. The molecule has 1 unspecified atom stereocenters. The van der Waals surface area contributed by atoms with Crippen LogP contribution >= 0.6 is 27.5 Å². The number of carbonyl (C=O) groups excluding carboxylic acids is 2. The minimum Gasteiger partial charge on any atom is -0.325 e. The Hall–Kier alpha value is -1.85. The number of amides is 2. The summed E-state index contributed by atoms with van der Waals surface area (Å²) in [6, 6.07) is 13.9. The molecule has 2 amide bonds. The number of benzene rings is 2. The predicted octanol–water partition coefficient (Wildman–Crippen LogP) is 3.98. The molecule has 2 aromatic rings. The van der Waals surface area contributed by atoms with Crippen LogP contribution in [0.4, 0.5) is 5.69 Å². The molecule has 1 heterocycles. The maximum Gasteiger partial charge on any atom is 0.256 e. The fourth-order valence-electron chi connectivity index (χ4n) is 2.81. The Balaban J connectivity index is 1.81. The number of carbonyl (C=O) groups is 2. The number of halogens is 2. The van der Waals surface area contributed by atoms with Crippen molar-refractivity contribution in [1.29, 1.82) is 0 Å². The molecule has 0 bridgehead atoms. The molecule has 0 aliphatic carbocycles. The molecule has 0 radical (unpaired) electrons. The van der Waals surface area contributed by atoms with Gasteiger partial charge in [0, 0.05) is 23.2 Å². The molecule has 24 heavy (non-hydrogen) atoms. The van der Waals surface area contributed by atoms with E-state index >= 15 is 0 Å². The summed E-state index contributed by atoms with van der Waals surface area (Å²) in [6.07, 6.45) is 0. The molecule has 124 valence electrons. The van der Waals surface area contributed by atoms with Gasteiger partial charge in [0.1, 0.15) is 6.04 Å². The highest BCUT2D eigenvalue weighted by Crippen LogP contribution is 2.25. The van der Waals surface area contributed by atoms with Crippen molar-refractivity contribution in [3.8, 4) is 0 Å². The second-order valence-corrected chi connectivity index (χ2v) is 6.94. The molecule has 3 rings (SSSR count). The van der Waals surface area contributed by atoms with Crippen LogP contribution in [0, 0.1) is 0 Å². The summed E-state index contributed by atoms with van der Waals surface area (Å²) in [6.45, 7) is 2.68. The highest BCUT2D eigenvalue weighted by atomic mass is 79.9. The number of piperazine rings is 1. The van der Waals surface area contributed by atoms with E-state index in [2.05, 4.69) is 15.9 Å². The van der Waals surface area contributed by atoms with Gasteiger partial charge in [0.2, 0.25) is 5.91 Å². The van der Waals surface area contributed by atoms with Gasteiger partial charge in [-0.2, -0.15) is 0 Å². The van der Waals surface area contributed by atoms with Crippen LogP contribution in [-0.4, -0.2) is 35.8 Å². The largest absolute Gasteiger partial charge is 0.325 e. The normalized spacial score (nSPS) is 18.0. The van der Waals surface area contributed by atoms with Gasteiger partial charge in [0.15, 0.2) is 0 Å². The summed E-state index contributed by atoms with van der Waals surface area (Å²) < 4.78 is 0.958. The zero-order valence-electron chi connectivity index (χ0n) is 13.1. The van der Waals surface area contributed by atoms with Gasteiger partial charge < -0.3 is 9.80 Å². The van der Waals surface area contributed by atoms with Crippen LogP contribution in [0.15, 0.2) is 53.0 Å². The van der Waals surface area contributed by atoms with Gasteiger partial charge >= 0.3 is 0 Å². The number of anilines is 1. The van der Waals surface area contributed by atoms with Crippen LogP contribution in [0.25, 0.3) is 0 Å². The van der Waals surface area contributed by atoms with Crippen LogP contribution < -0.4 is 4.90 Å². The molecule has 2 aromatic carbocycles. The van der Waals surface area contributed by atoms with Crippen molar-refractivity contribution in [2.24, 2.45) is 0 Å². The quantitative estimate of drug-likeness (QED) is 0.755. The van der Waals surface area contributed by atoms with E-state index in [1.54, 1.807) is 41.0 Å². The number of nitrogens with zero attached hydrogens (tertiary/aromatic N) is 2. The van der Waals surface area contributed by atoms with E-state index in [9.17, 15) is 9.59 Å². The molecular formula is C18H16BrClN2O2. The van der Waals surface area contributed by atoms with Gasteiger partial charge in [0.05, 0.1) is 10.6 Å². The first-order valence-electron chi connectivity index (χ1n) is 7.61. The Morgan fingerprint density at radius 2 is 1.79 bits per heavy atom. The first-order valence-corrected chi connectivity index (χ1v) is 8.78. The number of hydrogen-bond donors (Lipinski definition) is 0. The lowest BCUT2D eigenvalue weighted by Crippen LogP contribution is -2.57. The number of rotatable bonds is 2. The van der Waals surface area contributed by atoms with Crippen molar-refractivity contribution >= 4 is 45.0 Å². The second-order valence-electron chi connectivity index (χ2n) is 5.62. The lowest BCUT2D eigenvalue weighted by molar-refractivity contribution is -0.124. The molecule has 6 heteroatoms. The minimum absolute atomic E-state index is 0.0935. The Bertz CT molecular complexity index is 779. The average molecular weight is 408 g/mol. The van der Waals surface area contributed by atoms with E-state index in [1.165, 1.54) is 0 Å². The topological polar surface area (TPSA) is 40.6 Å². The molecule has 4 nitrogen and oxygen atoms in total. The summed E-state index contributed by atoms with van der Waals surface area (Å²) in [4.78, 5) is 28.8. The lowest BCUT2D eigenvalue weighted by atomic mass is 10.1. The van der Waals surface area contributed by atoms with Gasteiger partial charge in [-0.05, 0) is 43.3 Å². The third kappa shape index (κ3) is 3.19. The Morgan fingerprint density at radius 1 is 1.12 bits per heavy atom. The van der Waals surface area contributed by atoms with Crippen molar-refractivity contribution in [2.75, 3.05) is 18.0 Å². The fourth-order valence-corrected chi connectivity index (χ4v) is 3.30. The standard InChI is InChI=1S/C18H16BrClN2O2/c1-12-17(23)22(14-8-6-13(19)7-9-14)11-10-21(12)18(24)15-4-2-3-5-16(15)20/h2-9,12H,10-11H2,1H3. The predicted molar refractivity (Wildman–Crippen MR) is 98.4 cm³/mol. The maximum atomic E-state index is 12.7. The smallest absolute Gasteiger partial charge is 0.256 e. The van der Waals surface area contributed by atoms with Crippen LogP contribution in [0.2, 0.25) is 5.02 Å². The Kier molecular flexibility index (Phi) is 4.92. The molecule has 0 N–H and O–H groups in total. The first-order chi connectivity index (χ1) is 11.5. The summed E-state index contributed by atoms with van der Waals surface area (Å²) in [5, 5.41) is 0.400. The van der Waals surface area contributed by atoms with Crippen LogP contribution in [0.1, 0.15) is 17.3 Å². The van der Waals surface area contributed by atoms with Crippen molar-refractivity contribution < 1.29 is 9.59 Å². The molecule has 1 saturated heterocycles. The third-order valence-corrected chi connectivity index (χ3v) is 5.02. The average Bonchev–Trinajstić information content (AvgIpc) is 2.58. The van der Waals surface area contributed by atoms with Gasteiger partial charge in [-0.3, -0.25) is 9.59 Å². The maximum absolute atomic E-state index is 12.7.